The molecule has 66 valence electrons. The highest BCUT2D eigenvalue weighted by atomic mass is 16.4. The summed E-state index contributed by atoms with van der Waals surface area (Å²) >= 11 is 0. The number of carbonyl (C=O) groups is 1. The Labute approximate surface area is 72.9 Å². The first kappa shape index (κ1) is 10.7. The highest BCUT2D eigenvalue weighted by molar-refractivity contribution is 5.86. The average molecular weight is 166 g/mol. The van der Waals surface area contributed by atoms with Crippen molar-refractivity contribution >= 4 is 5.97 Å². The molecule has 0 saturated heterocycles. The maximum absolute atomic E-state index is 10.3. The molecule has 12 heavy (non-hydrogen) atoms. The van der Waals surface area contributed by atoms with Crippen LogP contribution in [0, 0.1) is 0 Å². The molecule has 0 aliphatic rings. The van der Waals surface area contributed by atoms with Crippen molar-refractivity contribution in [3.8, 4) is 0 Å². The van der Waals surface area contributed by atoms with E-state index in [9.17, 15) is 4.79 Å². The molecule has 2 heteroatoms. The Morgan fingerprint density at radius 3 is 2.75 bits per heavy atom. The fourth-order valence-corrected chi connectivity index (χ4v) is 0.540. The maximum atomic E-state index is 10.3. The SMILES string of the molecule is CCCC=C=CC=C(C)C(=O)O. The van der Waals surface area contributed by atoms with Crippen LogP contribution in [0.3, 0.4) is 0 Å². The Balaban J connectivity index is 4.02. The second-order valence-electron chi connectivity index (χ2n) is 2.48. The quantitative estimate of drug-likeness (QED) is 0.396. The van der Waals surface area contributed by atoms with Crippen LogP contribution in [0.1, 0.15) is 26.7 Å². The number of allylic oxidation sites excluding steroid dienone is 2. The summed E-state index contributed by atoms with van der Waals surface area (Å²) in [5.41, 5.74) is 3.21. The number of hydrogen-bond acceptors (Lipinski definition) is 1. The van der Waals surface area contributed by atoms with Crippen LogP contribution in [0.4, 0.5) is 0 Å². The van der Waals surface area contributed by atoms with Crippen molar-refractivity contribution in [1.29, 1.82) is 0 Å². The van der Waals surface area contributed by atoms with Gasteiger partial charge in [-0.2, -0.15) is 0 Å². The Morgan fingerprint density at radius 2 is 2.25 bits per heavy atom. The standard InChI is InChI=1S/C10H14O2/c1-3-4-5-6-7-8-9(2)10(11)12/h5,7-8H,3-4H2,1-2H3,(H,11,12). The molecular formula is C10H14O2. The van der Waals surface area contributed by atoms with Gasteiger partial charge in [-0.25, -0.2) is 4.79 Å². The van der Waals surface area contributed by atoms with Gasteiger partial charge in [-0.05, 0) is 31.6 Å². The van der Waals surface area contributed by atoms with Crippen LogP contribution >= 0.6 is 0 Å². The van der Waals surface area contributed by atoms with Gasteiger partial charge in [0.1, 0.15) is 0 Å². The highest BCUT2D eigenvalue weighted by Crippen LogP contribution is 1.92. The summed E-state index contributed by atoms with van der Waals surface area (Å²) in [5.74, 6) is -0.886. The zero-order chi connectivity index (χ0) is 9.40. The summed E-state index contributed by atoms with van der Waals surface area (Å²) in [6.07, 6.45) is 7.12. The molecule has 0 bridgehead atoms. The first-order valence-electron chi connectivity index (χ1n) is 3.99. The minimum absolute atomic E-state index is 0.326. The molecule has 1 N–H and O–H groups in total. The Kier molecular flexibility index (Phi) is 5.76. The van der Waals surface area contributed by atoms with Crippen molar-refractivity contribution in [2.75, 3.05) is 0 Å². The highest BCUT2D eigenvalue weighted by Gasteiger charge is 1.94. The molecule has 2 nitrogen and oxygen atoms in total. The molecule has 0 aliphatic carbocycles. The van der Waals surface area contributed by atoms with E-state index in [-0.39, 0.29) is 0 Å². The van der Waals surface area contributed by atoms with Gasteiger partial charge < -0.3 is 5.11 Å². The lowest BCUT2D eigenvalue weighted by atomic mass is 10.3. The minimum atomic E-state index is -0.886. The Morgan fingerprint density at radius 1 is 1.58 bits per heavy atom. The van der Waals surface area contributed by atoms with E-state index in [1.54, 1.807) is 13.0 Å². The molecule has 0 aromatic carbocycles. The van der Waals surface area contributed by atoms with Gasteiger partial charge in [0, 0.05) is 5.57 Å². The minimum Gasteiger partial charge on any atom is -0.478 e. The van der Waals surface area contributed by atoms with Gasteiger partial charge in [-0.3, -0.25) is 0 Å². The van der Waals surface area contributed by atoms with Gasteiger partial charge in [0.2, 0.25) is 0 Å². The third kappa shape index (κ3) is 5.51. The van der Waals surface area contributed by atoms with E-state index in [1.807, 2.05) is 6.08 Å². The number of carboxylic acids is 1. The van der Waals surface area contributed by atoms with Crippen LogP contribution in [0.15, 0.2) is 29.5 Å². The largest absolute Gasteiger partial charge is 0.478 e. The molecule has 0 saturated carbocycles. The fourth-order valence-electron chi connectivity index (χ4n) is 0.540. The maximum Gasteiger partial charge on any atom is 0.331 e. The van der Waals surface area contributed by atoms with Crippen LogP contribution in [0.2, 0.25) is 0 Å². The second kappa shape index (κ2) is 6.44. The fraction of sp³-hybridized carbons (Fsp3) is 0.400. The van der Waals surface area contributed by atoms with E-state index in [0.717, 1.165) is 12.8 Å². The monoisotopic (exact) mass is 166 g/mol. The summed E-state index contributed by atoms with van der Waals surface area (Å²) in [4.78, 5) is 10.3. The van der Waals surface area contributed by atoms with Crippen LogP contribution in [0.25, 0.3) is 0 Å². The van der Waals surface area contributed by atoms with Gasteiger partial charge in [-0.1, -0.05) is 13.3 Å². The summed E-state index contributed by atoms with van der Waals surface area (Å²) in [6, 6.07) is 0. The van der Waals surface area contributed by atoms with Crippen molar-refractivity contribution in [3.05, 3.63) is 29.5 Å². The van der Waals surface area contributed by atoms with Crippen molar-refractivity contribution in [2.24, 2.45) is 0 Å². The molecule has 0 heterocycles. The molecule has 0 unspecified atom stereocenters. The van der Waals surface area contributed by atoms with Gasteiger partial charge >= 0.3 is 5.97 Å². The normalized spacial score (nSPS) is 10.3. The smallest absolute Gasteiger partial charge is 0.331 e. The molecule has 0 spiro atoms. The third-order valence-electron chi connectivity index (χ3n) is 1.32. The second-order valence-corrected chi connectivity index (χ2v) is 2.48. The van der Waals surface area contributed by atoms with Crippen molar-refractivity contribution in [3.63, 3.8) is 0 Å². The first-order valence-corrected chi connectivity index (χ1v) is 3.99. The zero-order valence-corrected chi connectivity index (χ0v) is 7.50. The topological polar surface area (TPSA) is 37.3 Å². The van der Waals surface area contributed by atoms with E-state index >= 15 is 0 Å². The average Bonchev–Trinajstić information content (AvgIpc) is 2.03. The molecule has 0 rings (SSSR count). The van der Waals surface area contributed by atoms with Crippen molar-refractivity contribution in [2.45, 2.75) is 26.7 Å². The molecule has 0 atom stereocenters. The van der Waals surface area contributed by atoms with E-state index in [1.165, 1.54) is 6.08 Å². The predicted molar refractivity (Wildman–Crippen MR) is 49.0 cm³/mol. The summed E-state index contributed by atoms with van der Waals surface area (Å²) in [6.45, 7) is 3.64. The number of rotatable bonds is 4. The summed E-state index contributed by atoms with van der Waals surface area (Å²) in [7, 11) is 0. The van der Waals surface area contributed by atoms with Gasteiger partial charge in [0.25, 0.3) is 0 Å². The summed E-state index contributed by atoms with van der Waals surface area (Å²) in [5, 5.41) is 8.46. The van der Waals surface area contributed by atoms with E-state index in [2.05, 4.69) is 12.7 Å². The lowest BCUT2D eigenvalue weighted by Crippen LogP contribution is -1.94. The molecular weight excluding hydrogens is 152 g/mol. The number of carboxylic acid groups (broad SMARTS) is 1. The lowest BCUT2D eigenvalue weighted by molar-refractivity contribution is -0.132. The summed E-state index contributed by atoms with van der Waals surface area (Å²) < 4.78 is 0. The van der Waals surface area contributed by atoms with Crippen LogP contribution in [0.5, 0.6) is 0 Å². The molecule has 0 aromatic rings. The van der Waals surface area contributed by atoms with Gasteiger partial charge in [-0.15, -0.1) is 5.73 Å². The van der Waals surface area contributed by atoms with Crippen LogP contribution < -0.4 is 0 Å². The lowest BCUT2D eigenvalue weighted by Gasteiger charge is -1.85. The Bertz CT molecular complexity index is 230. The Hall–Kier alpha value is -1.27. The molecule has 0 amide bonds. The van der Waals surface area contributed by atoms with E-state index in [4.69, 9.17) is 5.11 Å². The predicted octanol–water partition coefficient (Wildman–Crippen LogP) is 2.53. The van der Waals surface area contributed by atoms with Crippen LogP contribution in [-0.2, 0) is 4.79 Å². The molecule has 0 fully saturated rings. The number of hydrogen-bond donors (Lipinski definition) is 1. The zero-order valence-electron chi connectivity index (χ0n) is 7.50. The van der Waals surface area contributed by atoms with Crippen molar-refractivity contribution in [1.82, 2.24) is 0 Å². The van der Waals surface area contributed by atoms with Gasteiger partial charge in [0.05, 0.1) is 0 Å². The van der Waals surface area contributed by atoms with Gasteiger partial charge in [0.15, 0.2) is 0 Å². The number of unbranched alkanes of at least 4 members (excludes halogenated alkanes) is 1. The molecule has 0 aliphatic heterocycles. The van der Waals surface area contributed by atoms with Crippen LogP contribution in [-0.4, -0.2) is 11.1 Å². The molecule has 0 radical (unpaired) electrons. The van der Waals surface area contributed by atoms with E-state index < -0.39 is 5.97 Å². The van der Waals surface area contributed by atoms with Crippen molar-refractivity contribution < 1.29 is 9.90 Å². The molecule has 0 aromatic heterocycles. The first-order chi connectivity index (χ1) is 5.68. The number of aliphatic carboxylic acids is 1. The van der Waals surface area contributed by atoms with E-state index in [0.29, 0.717) is 5.57 Å². The third-order valence-corrected chi connectivity index (χ3v) is 1.32.